The topological polar surface area (TPSA) is 54.4 Å². The first-order valence-electron chi connectivity index (χ1n) is 3.70. The first-order chi connectivity index (χ1) is 6.50. The van der Waals surface area contributed by atoms with E-state index < -0.39 is 5.97 Å². The quantitative estimate of drug-likeness (QED) is 0.855. The third-order valence-corrected chi connectivity index (χ3v) is 3.86. The minimum absolute atomic E-state index is 0.0388. The Labute approximate surface area is 101 Å². The lowest BCUT2D eigenvalue weighted by molar-refractivity contribution is -0.136. The Bertz CT molecular complexity index is 373. The second-order valence-corrected chi connectivity index (χ2v) is 6.30. The second-order valence-electron chi connectivity index (χ2n) is 2.55. The smallest absolute Gasteiger partial charge is 0.303 e. The van der Waals surface area contributed by atoms with Crippen LogP contribution < -0.4 is 0 Å². The zero-order valence-corrected chi connectivity index (χ0v) is 10.9. The van der Waals surface area contributed by atoms with Crippen LogP contribution in [0.5, 0.6) is 0 Å². The summed E-state index contributed by atoms with van der Waals surface area (Å²) >= 11 is 7.89. The Kier molecular flexibility index (Phi) is 4.28. The van der Waals surface area contributed by atoms with Gasteiger partial charge in [0.15, 0.2) is 5.78 Å². The van der Waals surface area contributed by atoms with E-state index >= 15 is 0 Å². The van der Waals surface area contributed by atoms with Gasteiger partial charge in [0, 0.05) is 12.0 Å². The predicted molar refractivity (Wildman–Crippen MR) is 60.9 cm³/mol. The molecule has 14 heavy (non-hydrogen) atoms. The Morgan fingerprint density at radius 3 is 2.43 bits per heavy atom. The second kappa shape index (κ2) is 5.04. The van der Waals surface area contributed by atoms with Crippen molar-refractivity contribution in [2.75, 3.05) is 0 Å². The van der Waals surface area contributed by atoms with E-state index in [-0.39, 0.29) is 18.6 Å². The number of Topliss-reactive ketones (excluding diaryl/α,β-unsaturated/α-hetero) is 1. The summed E-state index contributed by atoms with van der Waals surface area (Å²) in [5, 5.41) is 8.41. The van der Waals surface area contributed by atoms with Gasteiger partial charge in [-0.1, -0.05) is 0 Å². The molecule has 0 aliphatic heterocycles. The molecule has 76 valence electrons. The molecule has 0 fully saturated rings. The standard InChI is InChI=1S/C8H6Br2O3S/c9-6-3-4(8(10)14-6)5(11)1-2-7(12)13/h3H,1-2H2,(H,12,13). The number of hydrogen-bond donors (Lipinski definition) is 1. The van der Waals surface area contributed by atoms with Crippen LogP contribution >= 0.6 is 43.2 Å². The molecule has 0 aliphatic rings. The molecule has 0 aliphatic carbocycles. The maximum atomic E-state index is 11.5. The lowest BCUT2D eigenvalue weighted by atomic mass is 10.1. The fraction of sp³-hybridized carbons (Fsp3) is 0.250. The zero-order chi connectivity index (χ0) is 10.7. The van der Waals surface area contributed by atoms with Crippen molar-refractivity contribution in [3.63, 3.8) is 0 Å². The largest absolute Gasteiger partial charge is 0.481 e. The average Bonchev–Trinajstić information content (AvgIpc) is 2.41. The summed E-state index contributed by atoms with van der Waals surface area (Å²) in [6.45, 7) is 0. The van der Waals surface area contributed by atoms with Crippen molar-refractivity contribution in [3.05, 3.63) is 19.2 Å². The molecule has 0 saturated carbocycles. The molecule has 1 aromatic rings. The van der Waals surface area contributed by atoms with Gasteiger partial charge < -0.3 is 5.11 Å². The van der Waals surface area contributed by atoms with Crippen molar-refractivity contribution in [3.8, 4) is 0 Å². The molecule has 0 unspecified atom stereocenters. The van der Waals surface area contributed by atoms with Gasteiger partial charge >= 0.3 is 5.97 Å². The van der Waals surface area contributed by atoms with Crippen molar-refractivity contribution < 1.29 is 14.7 Å². The first kappa shape index (κ1) is 11.9. The molecule has 3 nitrogen and oxygen atoms in total. The predicted octanol–water partition coefficient (Wildman–Crippen LogP) is 3.32. The molecule has 0 bridgehead atoms. The molecule has 0 saturated heterocycles. The lowest BCUT2D eigenvalue weighted by Crippen LogP contribution is -2.03. The minimum Gasteiger partial charge on any atom is -0.481 e. The Hall–Kier alpha value is -0.200. The van der Waals surface area contributed by atoms with Crippen LogP contribution in [0.3, 0.4) is 0 Å². The molecule has 1 aromatic heterocycles. The maximum absolute atomic E-state index is 11.5. The van der Waals surface area contributed by atoms with Crippen LogP contribution in [0.1, 0.15) is 23.2 Å². The summed E-state index contributed by atoms with van der Waals surface area (Å²) in [6, 6.07) is 1.69. The van der Waals surface area contributed by atoms with Crippen LogP contribution in [0.4, 0.5) is 0 Å². The van der Waals surface area contributed by atoms with Crippen LogP contribution in [0.25, 0.3) is 0 Å². The lowest BCUT2D eigenvalue weighted by Gasteiger charge is -1.95. The highest BCUT2D eigenvalue weighted by atomic mass is 79.9. The third kappa shape index (κ3) is 3.18. The number of aliphatic carboxylic acids is 1. The summed E-state index contributed by atoms with van der Waals surface area (Å²) in [7, 11) is 0. The molecule has 0 atom stereocenters. The number of carbonyl (C=O) groups excluding carboxylic acids is 1. The Morgan fingerprint density at radius 2 is 2.00 bits per heavy atom. The van der Waals surface area contributed by atoms with E-state index in [1.165, 1.54) is 11.3 Å². The molecule has 1 heterocycles. The van der Waals surface area contributed by atoms with Crippen molar-refractivity contribution >= 4 is 54.9 Å². The number of carbonyl (C=O) groups is 2. The summed E-state index contributed by atoms with van der Waals surface area (Å²) in [5.41, 5.74) is 0.545. The Balaban J connectivity index is 2.69. The number of hydrogen-bond acceptors (Lipinski definition) is 3. The van der Waals surface area contributed by atoms with E-state index in [1.807, 2.05) is 0 Å². The zero-order valence-electron chi connectivity index (χ0n) is 6.92. The van der Waals surface area contributed by atoms with Gasteiger partial charge in [-0.25, -0.2) is 0 Å². The first-order valence-corrected chi connectivity index (χ1v) is 6.11. The summed E-state index contributed by atoms with van der Waals surface area (Å²) in [4.78, 5) is 21.7. The fourth-order valence-corrected chi connectivity index (χ4v) is 3.74. The van der Waals surface area contributed by atoms with Gasteiger partial charge in [-0.15, -0.1) is 11.3 Å². The molecule has 1 N–H and O–H groups in total. The van der Waals surface area contributed by atoms with Crippen LogP contribution in [-0.2, 0) is 4.79 Å². The molecule has 0 radical (unpaired) electrons. The highest BCUT2D eigenvalue weighted by Gasteiger charge is 2.14. The van der Waals surface area contributed by atoms with Crippen molar-refractivity contribution in [1.29, 1.82) is 0 Å². The van der Waals surface area contributed by atoms with Crippen LogP contribution in [0.15, 0.2) is 13.6 Å². The highest BCUT2D eigenvalue weighted by Crippen LogP contribution is 2.32. The van der Waals surface area contributed by atoms with Gasteiger partial charge in [-0.2, -0.15) is 0 Å². The SMILES string of the molecule is O=C(O)CCC(=O)c1cc(Br)sc1Br. The highest BCUT2D eigenvalue weighted by molar-refractivity contribution is 9.12. The van der Waals surface area contributed by atoms with E-state index in [2.05, 4.69) is 31.9 Å². The number of thiophene rings is 1. The van der Waals surface area contributed by atoms with E-state index in [9.17, 15) is 9.59 Å². The number of rotatable bonds is 4. The molecule has 0 aromatic carbocycles. The van der Waals surface area contributed by atoms with Crippen molar-refractivity contribution in [1.82, 2.24) is 0 Å². The van der Waals surface area contributed by atoms with Gasteiger partial charge in [0.25, 0.3) is 0 Å². The van der Waals surface area contributed by atoms with E-state index in [0.29, 0.717) is 5.56 Å². The van der Waals surface area contributed by atoms with E-state index in [0.717, 1.165) is 7.57 Å². The molecule has 0 spiro atoms. The van der Waals surface area contributed by atoms with Crippen molar-refractivity contribution in [2.45, 2.75) is 12.8 Å². The summed E-state index contributed by atoms with van der Waals surface area (Å²) in [5.74, 6) is -1.11. The molecule has 6 heteroatoms. The number of carboxylic acids is 1. The maximum Gasteiger partial charge on any atom is 0.303 e. The van der Waals surface area contributed by atoms with Crippen LogP contribution in [0, 0.1) is 0 Å². The summed E-state index contributed by atoms with van der Waals surface area (Å²) < 4.78 is 1.59. The number of halogens is 2. The number of carboxylic acid groups (broad SMARTS) is 1. The van der Waals surface area contributed by atoms with Crippen LogP contribution in [0.2, 0.25) is 0 Å². The molecular formula is C8H6Br2O3S. The number of ketones is 1. The van der Waals surface area contributed by atoms with Crippen LogP contribution in [-0.4, -0.2) is 16.9 Å². The molecular weight excluding hydrogens is 336 g/mol. The van der Waals surface area contributed by atoms with Gasteiger partial charge in [0.1, 0.15) is 0 Å². The normalized spacial score (nSPS) is 10.1. The minimum atomic E-state index is -0.955. The van der Waals surface area contributed by atoms with E-state index in [1.54, 1.807) is 6.07 Å². The van der Waals surface area contributed by atoms with Gasteiger partial charge in [-0.3, -0.25) is 9.59 Å². The van der Waals surface area contributed by atoms with Gasteiger partial charge in [-0.05, 0) is 37.9 Å². The molecule has 0 amide bonds. The summed E-state index contributed by atoms with van der Waals surface area (Å²) in [6.07, 6.45) is -0.0875. The fourth-order valence-electron chi connectivity index (χ4n) is 0.886. The van der Waals surface area contributed by atoms with Gasteiger partial charge in [0.05, 0.1) is 14.0 Å². The average molecular weight is 342 g/mol. The van der Waals surface area contributed by atoms with E-state index in [4.69, 9.17) is 5.11 Å². The Morgan fingerprint density at radius 1 is 1.36 bits per heavy atom. The third-order valence-electron chi connectivity index (χ3n) is 1.52. The van der Waals surface area contributed by atoms with Gasteiger partial charge in [0.2, 0.25) is 0 Å². The monoisotopic (exact) mass is 340 g/mol. The molecule has 1 rings (SSSR count). The van der Waals surface area contributed by atoms with Crippen molar-refractivity contribution in [2.24, 2.45) is 0 Å².